The van der Waals surface area contributed by atoms with E-state index in [0.717, 1.165) is 58.1 Å². The first kappa shape index (κ1) is 19.3. The second-order valence-corrected chi connectivity index (χ2v) is 9.46. The van der Waals surface area contributed by atoms with Crippen LogP contribution in [0.25, 0.3) is 21.3 Å². The highest BCUT2D eigenvalue weighted by Gasteiger charge is 2.26. The molecule has 0 spiro atoms. The number of ether oxygens (including phenoxy) is 2. The molecule has 7 heteroatoms. The van der Waals surface area contributed by atoms with Gasteiger partial charge in [-0.25, -0.2) is 4.98 Å². The standard InChI is InChI=1S/C22H24N2O3S2/c25-21-19-18(15-6-2-1-3-7-15)13-28-20(19)23-22(24(21)16-8-4-5-9-16)29-12-17-10-11-26-14-27-17/h1-3,6-7,13,16-17H,4-5,8-12,14H2. The van der Waals surface area contributed by atoms with E-state index in [0.29, 0.717) is 6.79 Å². The molecule has 2 aromatic heterocycles. The molecule has 1 aliphatic carbocycles. The lowest BCUT2D eigenvalue weighted by Gasteiger charge is -2.23. The van der Waals surface area contributed by atoms with Gasteiger partial charge in [0.05, 0.1) is 18.1 Å². The minimum atomic E-state index is 0.109. The Morgan fingerprint density at radius 3 is 2.76 bits per heavy atom. The number of aromatic nitrogens is 2. The molecule has 5 nitrogen and oxygen atoms in total. The van der Waals surface area contributed by atoms with Gasteiger partial charge in [0, 0.05) is 22.7 Å². The smallest absolute Gasteiger partial charge is 0.263 e. The molecular weight excluding hydrogens is 404 g/mol. The molecule has 1 atom stereocenters. The Hall–Kier alpha value is -1.67. The molecule has 5 rings (SSSR count). The van der Waals surface area contributed by atoms with Crippen LogP contribution in [-0.2, 0) is 9.47 Å². The van der Waals surface area contributed by atoms with Crippen LogP contribution in [0.1, 0.15) is 38.1 Å². The molecule has 2 aliphatic rings. The number of fused-ring (bicyclic) bond motifs is 1. The van der Waals surface area contributed by atoms with Crippen molar-refractivity contribution in [1.82, 2.24) is 9.55 Å². The number of nitrogens with zero attached hydrogens (tertiary/aromatic N) is 2. The Morgan fingerprint density at radius 2 is 2.00 bits per heavy atom. The lowest BCUT2D eigenvalue weighted by atomic mass is 10.1. The average Bonchev–Trinajstić information content (AvgIpc) is 3.44. The van der Waals surface area contributed by atoms with Crippen LogP contribution in [0, 0.1) is 0 Å². The van der Waals surface area contributed by atoms with Gasteiger partial charge in [-0.1, -0.05) is 54.9 Å². The lowest BCUT2D eigenvalue weighted by Crippen LogP contribution is -2.28. The molecule has 152 valence electrons. The zero-order valence-electron chi connectivity index (χ0n) is 16.2. The lowest BCUT2D eigenvalue weighted by molar-refractivity contribution is -0.130. The predicted molar refractivity (Wildman–Crippen MR) is 118 cm³/mol. The van der Waals surface area contributed by atoms with Crippen LogP contribution >= 0.6 is 23.1 Å². The van der Waals surface area contributed by atoms with Gasteiger partial charge in [-0.2, -0.15) is 0 Å². The van der Waals surface area contributed by atoms with Crippen LogP contribution in [0.3, 0.4) is 0 Å². The Kier molecular flexibility index (Phi) is 5.72. The van der Waals surface area contributed by atoms with Crippen molar-refractivity contribution in [3.8, 4) is 11.1 Å². The summed E-state index contributed by atoms with van der Waals surface area (Å²) >= 11 is 3.21. The predicted octanol–water partition coefficient (Wildman–Crippen LogP) is 5.10. The summed E-state index contributed by atoms with van der Waals surface area (Å²) in [5, 5.41) is 3.68. The van der Waals surface area contributed by atoms with Crippen LogP contribution in [0.15, 0.2) is 45.7 Å². The third kappa shape index (κ3) is 3.89. The Morgan fingerprint density at radius 1 is 1.17 bits per heavy atom. The normalized spacial score (nSPS) is 20.5. The first-order chi connectivity index (χ1) is 14.3. The summed E-state index contributed by atoms with van der Waals surface area (Å²) in [6.07, 6.45) is 5.51. The first-order valence-corrected chi connectivity index (χ1v) is 12.1. The summed E-state index contributed by atoms with van der Waals surface area (Å²) in [5.41, 5.74) is 2.18. The van der Waals surface area contributed by atoms with Crippen LogP contribution in [-0.4, -0.2) is 34.8 Å². The molecule has 29 heavy (non-hydrogen) atoms. The molecule has 1 aliphatic heterocycles. The molecule has 1 saturated carbocycles. The first-order valence-electron chi connectivity index (χ1n) is 10.2. The molecule has 0 N–H and O–H groups in total. The molecule has 1 unspecified atom stereocenters. The largest absolute Gasteiger partial charge is 0.355 e. The van der Waals surface area contributed by atoms with Gasteiger partial charge in [0.25, 0.3) is 5.56 Å². The van der Waals surface area contributed by atoms with E-state index in [-0.39, 0.29) is 17.7 Å². The number of thioether (sulfide) groups is 1. The second kappa shape index (κ2) is 8.60. The summed E-state index contributed by atoms with van der Waals surface area (Å²) in [6, 6.07) is 10.4. The van der Waals surface area contributed by atoms with Crippen molar-refractivity contribution >= 4 is 33.3 Å². The fourth-order valence-corrected chi connectivity index (χ4v) is 6.32. The van der Waals surface area contributed by atoms with Crippen LogP contribution < -0.4 is 5.56 Å². The van der Waals surface area contributed by atoms with Crippen LogP contribution in [0.2, 0.25) is 0 Å². The fourth-order valence-electron chi connectivity index (χ4n) is 4.20. The topological polar surface area (TPSA) is 53.4 Å². The number of thiophene rings is 1. The maximum Gasteiger partial charge on any atom is 0.263 e. The summed E-state index contributed by atoms with van der Waals surface area (Å²) in [5.74, 6) is 0.797. The average molecular weight is 429 g/mol. The minimum absolute atomic E-state index is 0.109. The van der Waals surface area contributed by atoms with Gasteiger partial charge in [0.15, 0.2) is 5.16 Å². The Balaban J connectivity index is 1.57. The highest BCUT2D eigenvalue weighted by atomic mass is 32.2. The van der Waals surface area contributed by atoms with Gasteiger partial charge >= 0.3 is 0 Å². The third-order valence-electron chi connectivity index (χ3n) is 5.75. The number of hydrogen-bond acceptors (Lipinski definition) is 6. The fraction of sp³-hybridized carbons (Fsp3) is 0.455. The van der Waals surface area contributed by atoms with Crippen molar-refractivity contribution < 1.29 is 9.47 Å². The highest BCUT2D eigenvalue weighted by molar-refractivity contribution is 7.99. The molecule has 3 heterocycles. The molecule has 3 aromatic rings. The van der Waals surface area contributed by atoms with E-state index in [9.17, 15) is 4.79 Å². The van der Waals surface area contributed by atoms with E-state index in [1.165, 1.54) is 12.8 Å². The molecule has 1 saturated heterocycles. The van der Waals surface area contributed by atoms with Crippen molar-refractivity contribution in [3.63, 3.8) is 0 Å². The van der Waals surface area contributed by atoms with E-state index < -0.39 is 0 Å². The molecule has 2 fully saturated rings. The zero-order chi connectivity index (χ0) is 19.6. The summed E-state index contributed by atoms with van der Waals surface area (Å²) in [4.78, 5) is 19.5. The van der Waals surface area contributed by atoms with Gasteiger partial charge in [-0.05, 0) is 24.8 Å². The summed E-state index contributed by atoms with van der Waals surface area (Å²) in [7, 11) is 0. The Labute approximate surface area is 178 Å². The van der Waals surface area contributed by atoms with Crippen LogP contribution in [0.5, 0.6) is 0 Å². The van der Waals surface area contributed by atoms with Crippen molar-refractivity contribution in [3.05, 3.63) is 46.1 Å². The number of benzene rings is 1. The van der Waals surface area contributed by atoms with Crippen molar-refractivity contribution in [1.29, 1.82) is 0 Å². The summed E-state index contributed by atoms with van der Waals surface area (Å²) in [6.45, 7) is 1.09. The Bertz CT molecular complexity index is 1040. The van der Waals surface area contributed by atoms with Gasteiger partial charge in [0.1, 0.15) is 11.6 Å². The van der Waals surface area contributed by atoms with Crippen molar-refractivity contribution in [2.45, 2.75) is 49.4 Å². The van der Waals surface area contributed by atoms with Gasteiger partial charge in [-0.15, -0.1) is 11.3 Å². The zero-order valence-corrected chi connectivity index (χ0v) is 17.8. The SMILES string of the molecule is O=c1c2c(-c3ccccc3)csc2nc(SCC2CCOCO2)n1C1CCCC1. The molecule has 0 radical (unpaired) electrons. The van der Waals surface area contributed by atoms with Gasteiger partial charge in [0.2, 0.25) is 0 Å². The molecule has 0 amide bonds. The molecule has 0 bridgehead atoms. The quantitative estimate of drug-likeness (QED) is 0.418. The maximum atomic E-state index is 13.7. The minimum Gasteiger partial charge on any atom is -0.355 e. The van der Waals surface area contributed by atoms with E-state index in [1.807, 2.05) is 22.8 Å². The van der Waals surface area contributed by atoms with E-state index in [4.69, 9.17) is 14.5 Å². The van der Waals surface area contributed by atoms with Crippen molar-refractivity contribution in [2.24, 2.45) is 0 Å². The number of rotatable bonds is 5. The van der Waals surface area contributed by atoms with Crippen molar-refractivity contribution in [2.75, 3.05) is 19.2 Å². The summed E-state index contributed by atoms with van der Waals surface area (Å²) < 4.78 is 13.0. The van der Waals surface area contributed by atoms with E-state index >= 15 is 0 Å². The monoisotopic (exact) mass is 428 g/mol. The van der Waals surface area contributed by atoms with Gasteiger partial charge < -0.3 is 9.47 Å². The molecule has 1 aromatic carbocycles. The van der Waals surface area contributed by atoms with Gasteiger partial charge in [-0.3, -0.25) is 9.36 Å². The maximum absolute atomic E-state index is 13.7. The van der Waals surface area contributed by atoms with E-state index in [1.54, 1.807) is 23.1 Å². The van der Waals surface area contributed by atoms with Crippen LogP contribution in [0.4, 0.5) is 0 Å². The third-order valence-corrected chi connectivity index (χ3v) is 7.71. The number of hydrogen-bond donors (Lipinski definition) is 0. The highest BCUT2D eigenvalue weighted by Crippen LogP contribution is 2.36. The molecular formula is C22H24N2O3S2. The second-order valence-electron chi connectivity index (χ2n) is 7.62. The van der Waals surface area contributed by atoms with E-state index in [2.05, 4.69) is 17.5 Å².